The van der Waals surface area contributed by atoms with Gasteiger partial charge >= 0.3 is 0 Å². The predicted octanol–water partition coefficient (Wildman–Crippen LogP) is -0.485. The summed E-state index contributed by atoms with van der Waals surface area (Å²) in [5.41, 5.74) is 3.08. The molecular formula is C7H14BrN5O2S. The minimum absolute atomic E-state index is 0.480. The highest BCUT2D eigenvalue weighted by Gasteiger charge is 2.30. The van der Waals surface area contributed by atoms with Crippen LogP contribution in [-0.4, -0.2) is 34.9 Å². The zero-order valence-electron chi connectivity index (χ0n) is 9.18. The number of sulfone groups is 1. The minimum Gasteiger partial charge on any atom is -0.271 e. The molecule has 0 fully saturated rings. The van der Waals surface area contributed by atoms with Crippen LogP contribution in [0.1, 0.15) is 18.7 Å². The van der Waals surface area contributed by atoms with Crippen LogP contribution in [0.4, 0.5) is 0 Å². The smallest absolute Gasteiger partial charge is 0.153 e. The lowest BCUT2D eigenvalue weighted by Crippen LogP contribution is -2.40. The second-order valence-electron chi connectivity index (χ2n) is 3.57. The van der Waals surface area contributed by atoms with Crippen molar-refractivity contribution in [2.45, 2.75) is 18.2 Å². The molecule has 1 aromatic rings. The number of aromatic nitrogens is 3. The Morgan fingerprint density at radius 2 is 2.12 bits per heavy atom. The third-order valence-electron chi connectivity index (χ3n) is 2.45. The molecule has 0 spiro atoms. The van der Waals surface area contributed by atoms with Gasteiger partial charge in [-0.1, -0.05) is 5.21 Å². The van der Waals surface area contributed by atoms with Crippen LogP contribution in [0.3, 0.4) is 0 Å². The van der Waals surface area contributed by atoms with Crippen LogP contribution in [0.25, 0.3) is 0 Å². The summed E-state index contributed by atoms with van der Waals surface area (Å²) in [6.07, 6.45) is 1.17. The van der Waals surface area contributed by atoms with Gasteiger partial charge in [0.25, 0.3) is 0 Å². The molecule has 0 radical (unpaired) electrons. The molecule has 0 aliphatic carbocycles. The van der Waals surface area contributed by atoms with E-state index in [-0.39, 0.29) is 0 Å². The number of hydrogen-bond acceptors (Lipinski definition) is 6. The van der Waals surface area contributed by atoms with Crippen molar-refractivity contribution in [3.8, 4) is 0 Å². The molecule has 0 amide bonds. The average molecular weight is 312 g/mol. The first-order valence-electron chi connectivity index (χ1n) is 4.49. The van der Waals surface area contributed by atoms with E-state index in [0.717, 1.165) is 0 Å². The lowest BCUT2D eigenvalue weighted by atomic mass is 10.2. The molecule has 0 aromatic carbocycles. The van der Waals surface area contributed by atoms with E-state index < -0.39 is 21.1 Å². The van der Waals surface area contributed by atoms with Crippen molar-refractivity contribution >= 4 is 25.8 Å². The van der Waals surface area contributed by atoms with Gasteiger partial charge in [0.05, 0.1) is 17.0 Å². The van der Waals surface area contributed by atoms with E-state index in [1.54, 1.807) is 14.0 Å². The van der Waals surface area contributed by atoms with Crippen LogP contribution < -0.4 is 11.3 Å². The molecule has 0 aliphatic heterocycles. The van der Waals surface area contributed by atoms with Gasteiger partial charge in [-0.05, 0) is 22.9 Å². The summed E-state index contributed by atoms with van der Waals surface area (Å²) >= 11 is 3.21. The number of halogens is 1. The Bertz CT molecular complexity index is 452. The summed E-state index contributed by atoms with van der Waals surface area (Å²) in [4.78, 5) is 0. The van der Waals surface area contributed by atoms with Crippen molar-refractivity contribution in [3.63, 3.8) is 0 Å². The van der Waals surface area contributed by atoms with Crippen molar-refractivity contribution in [1.29, 1.82) is 0 Å². The first kappa shape index (κ1) is 13.6. The standard InChI is InChI=1S/C7H14BrN5O2S/c1-4(16(3,14)15)5(10-9)6-7(8)11-12-13(6)2/h4-5,10H,9H2,1-3H3. The van der Waals surface area contributed by atoms with E-state index >= 15 is 0 Å². The molecular weight excluding hydrogens is 298 g/mol. The Balaban J connectivity index is 3.19. The summed E-state index contributed by atoms with van der Waals surface area (Å²) in [7, 11) is -1.53. The monoisotopic (exact) mass is 311 g/mol. The van der Waals surface area contributed by atoms with Gasteiger partial charge in [-0.3, -0.25) is 11.3 Å². The number of rotatable bonds is 4. The number of nitrogens with zero attached hydrogens (tertiary/aromatic N) is 3. The fourth-order valence-corrected chi connectivity index (χ4v) is 2.63. The Hall–Kier alpha value is -0.510. The second kappa shape index (κ2) is 4.78. The molecule has 9 heteroatoms. The molecule has 1 rings (SSSR count). The number of hydrazine groups is 1. The molecule has 2 unspecified atom stereocenters. The SMILES string of the molecule is CC(C(NN)c1c(Br)nnn1C)S(C)(=O)=O. The highest BCUT2D eigenvalue weighted by atomic mass is 79.9. The first-order chi connectivity index (χ1) is 7.29. The largest absolute Gasteiger partial charge is 0.271 e. The van der Waals surface area contributed by atoms with Gasteiger partial charge in [0, 0.05) is 13.3 Å². The third kappa shape index (κ3) is 2.59. The topological polar surface area (TPSA) is 103 Å². The highest BCUT2D eigenvalue weighted by molar-refractivity contribution is 9.10. The van der Waals surface area contributed by atoms with Crippen molar-refractivity contribution in [2.24, 2.45) is 12.9 Å². The van der Waals surface area contributed by atoms with E-state index in [1.807, 2.05) is 0 Å². The van der Waals surface area contributed by atoms with Gasteiger partial charge in [0.15, 0.2) is 14.4 Å². The van der Waals surface area contributed by atoms with Gasteiger partial charge < -0.3 is 0 Å². The van der Waals surface area contributed by atoms with Crippen LogP contribution in [0.5, 0.6) is 0 Å². The molecule has 16 heavy (non-hydrogen) atoms. The molecule has 0 bridgehead atoms. The molecule has 1 aromatic heterocycles. The van der Waals surface area contributed by atoms with Crippen LogP contribution in [0.2, 0.25) is 0 Å². The Morgan fingerprint density at radius 1 is 1.56 bits per heavy atom. The Labute approximate surface area is 102 Å². The quantitative estimate of drug-likeness (QED) is 0.575. The summed E-state index contributed by atoms with van der Waals surface area (Å²) < 4.78 is 24.9. The van der Waals surface area contributed by atoms with E-state index in [4.69, 9.17) is 5.84 Å². The maximum absolute atomic E-state index is 11.5. The lowest BCUT2D eigenvalue weighted by Gasteiger charge is -2.21. The molecule has 1 heterocycles. The Kier molecular flexibility index (Phi) is 4.05. The predicted molar refractivity (Wildman–Crippen MR) is 63.1 cm³/mol. The summed E-state index contributed by atoms with van der Waals surface area (Å²) in [5.74, 6) is 5.40. The average Bonchev–Trinajstić information content (AvgIpc) is 2.49. The van der Waals surface area contributed by atoms with Gasteiger partial charge in [0.1, 0.15) is 0 Å². The third-order valence-corrected chi connectivity index (χ3v) is 4.63. The number of aryl methyl sites for hydroxylation is 1. The zero-order valence-corrected chi connectivity index (χ0v) is 11.6. The molecule has 92 valence electrons. The van der Waals surface area contributed by atoms with Gasteiger partial charge in [-0.25, -0.2) is 13.1 Å². The van der Waals surface area contributed by atoms with Crippen molar-refractivity contribution in [3.05, 3.63) is 10.3 Å². The normalized spacial score (nSPS) is 16.1. The zero-order chi connectivity index (χ0) is 12.5. The van der Waals surface area contributed by atoms with E-state index in [2.05, 4.69) is 31.7 Å². The van der Waals surface area contributed by atoms with Crippen LogP contribution in [0.15, 0.2) is 4.60 Å². The minimum atomic E-state index is -3.21. The number of nitrogens with two attached hydrogens (primary N) is 1. The van der Waals surface area contributed by atoms with E-state index in [9.17, 15) is 8.42 Å². The number of hydrogen-bond donors (Lipinski definition) is 2. The molecule has 2 atom stereocenters. The fourth-order valence-electron chi connectivity index (χ4n) is 1.35. The summed E-state index contributed by atoms with van der Waals surface area (Å²) in [5, 5.41) is 6.89. The van der Waals surface area contributed by atoms with Gasteiger partial charge in [-0.2, -0.15) is 0 Å². The Morgan fingerprint density at radius 3 is 2.44 bits per heavy atom. The number of nitrogens with one attached hydrogen (secondary N) is 1. The molecule has 0 aliphatic rings. The van der Waals surface area contributed by atoms with Crippen LogP contribution >= 0.6 is 15.9 Å². The van der Waals surface area contributed by atoms with Gasteiger partial charge in [0.2, 0.25) is 0 Å². The molecule has 0 saturated heterocycles. The van der Waals surface area contributed by atoms with Crippen LogP contribution in [-0.2, 0) is 16.9 Å². The summed E-state index contributed by atoms with van der Waals surface area (Å²) in [6, 6.07) is -0.565. The molecule has 0 saturated carbocycles. The maximum atomic E-state index is 11.5. The highest BCUT2D eigenvalue weighted by Crippen LogP contribution is 2.25. The van der Waals surface area contributed by atoms with Crippen molar-refractivity contribution < 1.29 is 8.42 Å². The first-order valence-corrected chi connectivity index (χ1v) is 7.23. The van der Waals surface area contributed by atoms with Crippen molar-refractivity contribution in [1.82, 2.24) is 20.4 Å². The van der Waals surface area contributed by atoms with Crippen LogP contribution in [0, 0.1) is 0 Å². The fraction of sp³-hybridized carbons (Fsp3) is 0.714. The maximum Gasteiger partial charge on any atom is 0.153 e. The molecule has 7 nitrogen and oxygen atoms in total. The van der Waals surface area contributed by atoms with E-state index in [1.165, 1.54) is 10.9 Å². The van der Waals surface area contributed by atoms with E-state index in [0.29, 0.717) is 10.3 Å². The summed E-state index contributed by atoms with van der Waals surface area (Å²) in [6.45, 7) is 1.58. The van der Waals surface area contributed by atoms with Gasteiger partial charge in [-0.15, -0.1) is 5.10 Å². The van der Waals surface area contributed by atoms with Crippen molar-refractivity contribution in [2.75, 3.05) is 6.26 Å². The molecule has 3 N–H and O–H groups in total. The second-order valence-corrected chi connectivity index (χ2v) is 6.72. The lowest BCUT2D eigenvalue weighted by molar-refractivity contribution is 0.482.